The van der Waals surface area contributed by atoms with Gasteiger partial charge in [0, 0.05) is 12.8 Å². The summed E-state index contributed by atoms with van der Waals surface area (Å²) in [5.41, 5.74) is 0. The van der Waals surface area contributed by atoms with E-state index in [9.17, 15) is 35.2 Å². The fourth-order valence-corrected chi connectivity index (χ4v) is 2.27. The minimum atomic E-state index is -5.84. The zero-order valence-corrected chi connectivity index (χ0v) is 12.2. The highest BCUT2D eigenvalue weighted by atomic mass is 32.2. The topological polar surface area (TPSA) is 60.4 Å². The molecule has 0 radical (unpaired) electrons. The number of unbranched alkanes of at least 4 members (excludes halogenated alkanes) is 3. The van der Waals surface area contributed by atoms with E-state index in [1.807, 2.05) is 6.92 Å². The van der Waals surface area contributed by atoms with Crippen LogP contribution in [-0.2, 0) is 19.1 Å². The molecule has 0 spiro atoms. The number of halogens is 5. The Kier molecular flexibility index (Phi) is 7.55. The number of hydrogen-bond donors (Lipinski definition) is 0. The highest BCUT2D eigenvalue weighted by molar-refractivity contribution is 7.87. The first-order valence-corrected chi connectivity index (χ1v) is 7.88. The van der Waals surface area contributed by atoms with Crippen molar-refractivity contribution in [2.24, 2.45) is 0 Å². The van der Waals surface area contributed by atoms with Gasteiger partial charge in [0.1, 0.15) is 0 Å². The molecule has 0 unspecified atom stereocenters. The van der Waals surface area contributed by atoms with Crippen LogP contribution in [-0.4, -0.2) is 32.2 Å². The Labute approximate surface area is 119 Å². The fraction of sp³-hybridized carbons (Fsp3) is 0.909. The lowest BCUT2D eigenvalue weighted by Crippen LogP contribution is -2.38. The van der Waals surface area contributed by atoms with Crippen LogP contribution >= 0.6 is 0 Å². The van der Waals surface area contributed by atoms with Gasteiger partial charge in [0.05, 0.1) is 5.75 Å². The predicted octanol–water partition coefficient (Wildman–Crippen LogP) is 3.42. The average molecular weight is 340 g/mol. The third kappa shape index (κ3) is 8.18. The molecule has 0 aliphatic carbocycles. The molecule has 0 aromatic heterocycles. The van der Waals surface area contributed by atoms with Crippen LogP contribution in [0.3, 0.4) is 0 Å². The fourth-order valence-electron chi connectivity index (χ4n) is 1.32. The second-order valence-corrected chi connectivity index (χ2v) is 6.17. The molecule has 0 saturated carbocycles. The summed E-state index contributed by atoms with van der Waals surface area (Å²) in [5.74, 6) is -7.88. The highest BCUT2D eigenvalue weighted by Crippen LogP contribution is 2.38. The van der Waals surface area contributed by atoms with Crippen LogP contribution in [0.15, 0.2) is 0 Å². The predicted molar refractivity (Wildman–Crippen MR) is 64.3 cm³/mol. The monoisotopic (exact) mass is 340 g/mol. The van der Waals surface area contributed by atoms with Gasteiger partial charge in [0.15, 0.2) is 0 Å². The molecule has 0 rings (SSSR count). The maximum absolute atomic E-state index is 12.6. The molecule has 0 aliphatic heterocycles. The maximum atomic E-state index is 12.6. The lowest BCUT2D eigenvalue weighted by Gasteiger charge is -2.18. The maximum Gasteiger partial charge on any atom is 0.453 e. The minimum Gasteiger partial charge on any atom is -0.346 e. The smallest absolute Gasteiger partial charge is 0.346 e. The molecule has 4 nitrogen and oxygen atoms in total. The second-order valence-electron chi connectivity index (χ2n) is 4.48. The summed E-state index contributed by atoms with van der Waals surface area (Å²) in [5, 5.41) is 0. The van der Waals surface area contributed by atoms with E-state index in [-0.39, 0.29) is 6.42 Å². The van der Waals surface area contributed by atoms with Crippen LogP contribution < -0.4 is 0 Å². The Balaban J connectivity index is 4.30. The molecule has 0 amide bonds. The Hall–Kier alpha value is -0.930. The highest BCUT2D eigenvalue weighted by Gasteiger charge is 2.57. The summed E-state index contributed by atoms with van der Waals surface area (Å²) < 4.78 is 87.0. The first-order valence-electron chi connectivity index (χ1n) is 6.31. The quantitative estimate of drug-likeness (QED) is 0.367. The van der Waals surface area contributed by atoms with Gasteiger partial charge >= 0.3 is 28.2 Å². The molecule has 0 aromatic rings. The van der Waals surface area contributed by atoms with Crippen LogP contribution in [0.1, 0.15) is 45.4 Å². The van der Waals surface area contributed by atoms with Gasteiger partial charge in [-0.1, -0.05) is 26.2 Å². The molecule has 0 saturated heterocycles. The molecule has 126 valence electrons. The third-order valence-corrected chi connectivity index (χ3v) is 3.68. The van der Waals surface area contributed by atoms with Crippen molar-refractivity contribution >= 4 is 16.1 Å². The van der Waals surface area contributed by atoms with E-state index < -0.39 is 40.4 Å². The number of alkyl halides is 5. The van der Waals surface area contributed by atoms with Crippen LogP contribution in [0.2, 0.25) is 0 Å². The van der Waals surface area contributed by atoms with Gasteiger partial charge in [-0.05, 0) is 6.42 Å². The minimum absolute atomic E-state index is 0.227. The molecule has 0 N–H and O–H groups in total. The molecule has 21 heavy (non-hydrogen) atoms. The van der Waals surface area contributed by atoms with Gasteiger partial charge in [0.2, 0.25) is 0 Å². The van der Waals surface area contributed by atoms with Gasteiger partial charge in [-0.2, -0.15) is 30.4 Å². The normalized spacial score (nSPS) is 13.2. The van der Waals surface area contributed by atoms with Gasteiger partial charge in [-0.25, -0.2) is 0 Å². The molecule has 0 fully saturated rings. The van der Waals surface area contributed by atoms with Crippen LogP contribution in [0.25, 0.3) is 0 Å². The van der Waals surface area contributed by atoms with Crippen molar-refractivity contribution in [2.45, 2.75) is 57.5 Å². The Morgan fingerprint density at radius 3 is 2.10 bits per heavy atom. The van der Waals surface area contributed by atoms with Crippen molar-refractivity contribution in [3.05, 3.63) is 0 Å². The summed E-state index contributed by atoms with van der Waals surface area (Å²) >= 11 is 0. The van der Waals surface area contributed by atoms with Crippen molar-refractivity contribution in [1.29, 1.82) is 0 Å². The standard InChI is InChI=1S/C11H17F5O4S/c1-2-3-4-5-6-9(17)20-21(18,19)8-7-10(12,13)11(14,15)16/h2-8H2,1H3. The summed E-state index contributed by atoms with van der Waals surface area (Å²) in [7, 11) is -4.75. The largest absolute Gasteiger partial charge is 0.453 e. The Bertz CT molecular complexity index is 430. The summed E-state index contributed by atoms with van der Waals surface area (Å²) in [4.78, 5) is 11.1. The van der Waals surface area contributed by atoms with Crippen molar-refractivity contribution in [3.63, 3.8) is 0 Å². The van der Waals surface area contributed by atoms with E-state index in [2.05, 4.69) is 4.18 Å². The van der Waals surface area contributed by atoms with E-state index in [4.69, 9.17) is 0 Å². The van der Waals surface area contributed by atoms with E-state index in [1.165, 1.54) is 0 Å². The number of carbonyl (C=O) groups is 1. The van der Waals surface area contributed by atoms with E-state index in [1.54, 1.807) is 0 Å². The summed E-state index contributed by atoms with van der Waals surface area (Å²) in [6.07, 6.45) is -5.31. The zero-order chi connectivity index (χ0) is 16.7. The average Bonchev–Trinajstić information content (AvgIpc) is 2.30. The molecular formula is C11H17F5O4S. The molecule has 10 heteroatoms. The first kappa shape index (κ1) is 20.1. The lowest BCUT2D eigenvalue weighted by molar-refractivity contribution is -0.282. The van der Waals surface area contributed by atoms with Crippen molar-refractivity contribution in [2.75, 3.05) is 5.75 Å². The summed E-state index contributed by atoms with van der Waals surface area (Å²) in [6.45, 7) is 1.92. The molecule has 0 aliphatic rings. The Morgan fingerprint density at radius 2 is 1.62 bits per heavy atom. The van der Waals surface area contributed by atoms with Crippen LogP contribution in [0.4, 0.5) is 22.0 Å². The Morgan fingerprint density at radius 1 is 1.05 bits per heavy atom. The van der Waals surface area contributed by atoms with Crippen LogP contribution in [0.5, 0.6) is 0 Å². The SMILES string of the molecule is CCCCCCC(=O)OS(=O)(=O)CCC(F)(F)C(F)(F)F. The van der Waals surface area contributed by atoms with Gasteiger partial charge < -0.3 is 4.18 Å². The third-order valence-electron chi connectivity index (χ3n) is 2.54. The van der Waals surface area contributed by atoms with Gasteiger partial charge in [0.25, 0.3) is 0 Å². The van der Waals surface area contributed by atoms with E-state index in [0.717, 1.165) is 12.8 Å². The second kappa shape index (κ2) is 7.90. The van der Waals surface area contributed by atoms with Gasteiger partial charge in [-0.15, -0.1) is 0 Å². The number of rotatable bonds is 9. The molecule has 0 bridgehead atoms. The number of carbonyl (C=O) groups excluding carboxylic acids is 1. The van der Waals surface area contributed by atoms with Crippen molar-refractivity contribution in [1.82, 2.24) is 0 Å². The molecule has 0 heterocycles. The summed E-state index contributed by atoms with van der Waals surface area (Å²) in [6, 6.07) is 0. The molecular weight excluding hydrogens is 323 g/mol. The van der Waals surface area contributed by atoms with E-state index >= 15 is 0 Å². The first-order chi connectivity index (χ1) is 9.41. The lowest BCUT2D eigenvalue weighted by atomic mass is 10.2. The molecule has 0 atom stereocenters. The molecule has 0 aromatic carbocycles. The zero-order valence-electron chi connectivity index (χ0n) is 11.4. The number of hydrogen-bond acceptors (Lipinski definition) is 4. The van der Waals surface area contributed by atoms with Crippen LogP contribution in [0, 0.1) is 0 Å². The van der Waals surface area contributed by atoms with Crippen molar-refractivity contribution in [3.8, 4) is 0 Å². The van der Waals surface area contributed by atoms with Gasteiger partial charge in [-0.3, -0.25) is 4.79 Å². The van der Waals surface area contributed by atoms with E-state index in [0.29, 0.717) is 12.8 Å². The van der Waals surface area contributed by atoms with Crippen molar-refractivity contribution < 1.29 is 39.3 Å².